The van der Waals surface area contributed by atoms with Crippen LogP contribution in [0.2, 0.25) is 0 Å². The number of hydrogen-bond donors (Lipinski definition) is 3. The molecule has 7 atom stereocenters. The molecule has 1 aliphatic carbocycles. The van der Waals surface area contributed by atoms with Gasteiger partial charge in [0.2, 0.25) is 0 Å². The minimum atomic E-state index is -1.50. The molecule has 0 saturated carbocycles. The minimum absolute atomic E-state index is 0.00983. The molecule has 39 heavy (non-hydrogen) atoms. The summed E-state index contributed by atoms with van der Waals surface area (Å²) in [7, 11) is 1.31. The number of aliphatic hydroxyl groups is 3. The fourth-order valence-corrected chi connectivity index (χ4v) is 4.89. The Balaban J connectivity index is 1.44. The number of carbonyl (C=O) groups excluding carboxylic acids is 2. The van der Waals surface area contributed by atoms with Crippen molar-refractivity contribution in [2.45, 2.75) is 69.6 Å². The molecule has 4 rings (SSSR count). The normalized spacial score (nSPS) is 34.2. The van der Waals surface area contributed by atoms with Crippen molar-refractivity contribution in [3.8, 4) is 5.75 Å². The highest BCUT2D eigenvalue weighted by atomic mass is 16.8. The zero-order valence-corrected chi connectivity index (χ0v) is 22.2. The van der Waals surface area contributed by atoms with E-state index in [1.165, 1.54) is 14.0 Å². The lowest BCUT2D eigenvalue weighted by Gasteiger charge is -2.39. The van der Waals surface area contributed by atoms with E-state index < -0.39 is 43.0 Å². The van der Waals surface area contributed by atoms with Crippen LogP contribution < -0.4 is 4.74 Å². The number of methoxy groups -OCH3 is 1. The highest BCUT2D eigenvalue weighted by Gasteiger charge is 2.45. The van der Waals surface area contributed by atoms with Gasteiger partial charge >= 0.3 is 5.97 Å². The van der Waals surface area contributed by atoms with Gasteiger partial charge in [-0.2, -0.15) is 0 Å². The zero-order valence-electron chi connectivity index (χ0n) is 22.2. The highest BCUT2D eigenvalue weighted by Crippen LogP contribution is 2.35. The second-order valence-corrected chi connectivity index (χ2v) is 10.0. The van der Waals surface area contributed by atoms with Crippen LogP contribution in [0.4, 0.5) is 0 Å². The number of allylic oxidation sites excluding steroid dienone is 1. The number of benzene rings is 1. The third-order valence-corrected chi connectivity index (χ3v) is 7.30. The van der Waals surface area contributed by atoms with Gasteiger partial charge in [0, 0.05) is 24.2 Å². The first-order valence-corrected chi connectivity index (χ1v) is 13.0. The summed E-state index contributed by atoms with van der Waals surface area (Å²) in [5.74, 6) is 0.000128. The lowest BCUT2D eigenvalue weighted by Crippen LogP contribution is -2.58. The number of hydrogen-bond acceptors (Lipinski definition) is 10. The monoisotopic (exact) mass is 544 g/mol. The fraction of sp³-hybridized carbons (Fsp3) is 0.517. The molecule has 10 heteroatoms. The van der Waals surface area contributed by atoms with Crippen molar-refractivity contribution in [1.82, 2.24) is 0 Å². The second kappa shape index (κ2) is 13.0. The third-order valence-electron chi connectivity index (χ3n) is 7.30. The number of aliphatic hydroxyl groups excluding tert-OH is 3. The zero-order chi connectivity index (χ0) is 28.1. The van der Waals surface area contributed by atoms with Gasteiger partial charge in [0.15, 0.2) is 18.4 Å². The number of fused-ring (bicyclic) bond motifs is 1. The maximum atomic E-state index is 12.3. The lowest BCUT2D eigenvalue weighted by atomic mass is 9.88. The van der Waals surface area contributed by atoms with Crippen molar-refractivity contribution >= 4 is 11.8 Å². The Bertz CT molecular complexity index is 1110. The van der Waals surface area contributed by atoms with Crippen LogP contribution in [0.15, 0.2) is 59.7 Å². The quantitative estimate of drug-likeness (QED) is 0.193. The Morgan fingerprint density at radius 3 is 2.44 bits per heavy atom. The number of esters is 1. The van der Waals surface area contributed by atoms with Gasteiger partial charge in [0.05, 0.1) is 6.61 Å². The largest absolute Gasteiger partial charge is 0.489 e. The Kier molecular flexibility index (Phi) is 9.71. The standard InChI is InChI=1S/C29H36O10/c1-16-22-12-7-18(14-36-21-10-8-20(9-11-21)17(2)30)5-4-6-19(13-23(22)38-27(16)34)15-37-29-26(33)24(31)25(32)28(35-3)39-29/h5,8-11,13,22-26,28-29,31-33H,1,4,6-7,12,14-15H2,2-3H3/b18-5-,19-13-/t22-,23+,24+,25+,26-,28+,29-/m0/s1. The summed E-state index contributed by atoms with van der Waals surface area (Å²) in [4.78, 5) is 23.8. The molecule has 212 valence electrons. The molecule has 2 fully saturated rings. The predicted octanol–water partition coefficient (Wildman–Crippen LogP) is 2.22. The van der Waals surface area contributed by atoms with Crippen LogP contribution in [0.5, 0.6) is 5.75 Å². The van der Waals surface area contributed by atoms with Gasteiger partial charge in [-0.15, -0.1) is 0 Å². The molecule has 2 heterocycles. The summed E-state index contributed by atoms with van der Waals surface area (Å²) in [6.45, 7) is 5.85. The van der Waals surface area contributed by atoms with E-state index in [-0.39, 0.29) is 18.3 Å². The maximum Gasteiger partial charge on any atom is 0.334 e. The molecule has 10 nitrogen and oxygen atoms in total. The van der Waals surface area contributed by atoms with Crippen molar-refractivity contribution in [3.63, 3.8) is 0 Å². The van der Waals surface area contributed by atoms with Crippen LogP contribution in [0.3, 0.4) is 0 Å². The van der Waals surface area contributed by atoms with Crippen LogP contribution in [0.1, 0.15) is 43.0 Å². The summed E-state index contributed by atoms with van der Waals surface area (Å²) in [6, 6.07) is 6.99. The molecule has 0 radical (unpaired) electrons. The lowest BCUT2D eigenvalue weighted by molar-refractivity contribution is -0.343. The van der Waals surface area contributed by atoms with E-state index in [9.17, 15) is 24.9 Å². The number of rotatable bonds is 8. The fourth-order valence-electron chi connectivity index (χ4n) is 4.89. The van der Waals surface area contributed by atoms with Gasteiger partial charge in [-0.05, 0) is 74.1 Å². The van der Waals surface area contributed by atoms with Crippen LogP contribution in [-0.4, -0.2) is 84.4 Å². The Morgan fingerprint density at radius 1 is 1.03 bits per heavy atom. The van der Waals surface area contributed by atoms with Crippen molar-refractivity contribution in [1.29, 1.82) is 0 Å². The highest BCUT2D eigenvalue weighted by molar-refractivity contribution is 5.94. The first kappa shape index (κ1) is 29.1. The molecule has 2 saturated heterocycles. The summed E-state index contributed by atoms with van der Waals surface area (Å²) in [5.41, 5.74) is 2.91. The summed E-state index contributed by atoms with van der Waals surface area (Å²) >= 11 is 0. The van der Waals surface area contributed by atoms with Gasteiger partial charge < -0.3 is 39.0 Å². The summed E-state index contributed by atoms with van der Waals surface area (Å²) < 4.78 is 27.9. The van der Waals surface area contributed by atoms with E-state index in [0.717, 1.165) is 11.1 Å². The van der Waals surface area contributed by atoms with Gasteiger partial charge in [0.1, 0.15) is 36.8 Å². The molecule has 0 bridgehead atoms. The van der Waals surface area contributed by atoms with Gasteiger partial charge in [-0.25, -0.2) is 4.79 Å². The average molecular weight is 545 g/mol. The van der Waals surface area contributed by atoms with Gasteiger partial charge in [0.25, 0.3) is 0 Å². The first-order chi connectivity index (χ1) is 18.7. The number of Topliss-reactive ketones (excluding diaryl/α,β-unsaturated/α-hetero) is 1. The first-order valence-electron chi connectivity index (χ1n) is 13.0. The predicted molar refractivity (Wildman–Crippen MR) is 139 cm³/mol. The maximum absolute atomic E-state index is 12.3. The number of carbonyl (C=O) groups is 2. The number of ketones is 1. The van der Waals surface area contributed by atoms with Crippen LogP contribution in [-0.2, 0) is 23.7 Å². The molecule has 3 aliphatic rings. The molecule has 0 aromatic heterocycles. The summed E-state index contributed by atoms with van der Waals surface area (Å²) in [6.07, 6.45) is -0.729. The van der Waals surface area contributed by atoms with Gasteiger partial charge in [-0.1, -0.05) is 12.7 Å². The Morgan fingerprint density at radius 2 is 1.74 bits per heavy atom. The van der Waals surface area contributed by atoms with Crippen LogP contribution in [0.25, 0.3) is 0 Å². The summed E-state index contributed by atoms with van der Waals surface area (Å²) in [5, 5.41) is 30.4. The molecule has 0 unspecified atom stereocenters. The average Bonchev–Trinajstić information content (AvgIpc) is 3.19. The molecule has 0 spiro atoms. The van der Waals surface area contributed by atoms with E-state index in [1.54, 1.807) is 24.3 Å². The van der Waals surface area contributed by atoms with E-state index in [0.29, 0.717) is 49.2 Å². The SMILES string of the molecule is C=C1C(=O)O[C@@H]2/C=C(\CO[C@H]3O[C@@H](OC)[C@H](O)[C@@H](O)[C@@H]3O)CC/C=C(\COc3ccc(C(C)=O)cc3)CC[C@@H]12. The third kappa shape index (κ3) is 7.02. The van der Waals surface area contributed by atoms with Crippen LogP contribution >= 0.6 is 0 Å². The smallest absolute Gasteiger partial charge is 0.334 e. The van der Waals surface area contributed by atoms with E-state index in [1.807, 2.05) is 6.08 Å². The molecule has 2 aliphatic heterocycles. The van der Waals surface area contributed by atoms with E-state index in [4.69, 9.17) is 23.7 Å². The minimum Gasteiger partial charge on any atom is -0.489 e. The topological polar surface area (TPSA) is 141 Å². The second-order valence-electron chi connectivity index (χ2n) is 10.0. The van der Waals surface area contributed by atoms with Gasteiger partial charge in [-0.3, -0.25) is 4.79 Å². The molecule has 1 aromatic rings. The van der Waals surface area contributed by atoms with Crippen molar-refractivity contribution in [2.75, 3.05) is 20.3 Å². The van der Waals surface area contributed by atoms with Crippen molar-refractivity contribution in [2.24, 2.45) is 5.92 Å². The molecule has 1 aromatic carbocycles. The van der Waals surface area contributed by atoms with E-state index >= 15 is 0 Å². The van der Waals surface area contributed by atoms with Crippen molar-refractivity contribution in [3.05, 3.63) is 65.3 Å². The van der Waals surface area contributed by atoms with E-state index in [2.05, 4.69) is 12.7 Å². The molecular formula is C29H36O10. The van der Waals surface area contributed by atoms with Crippen molar-refractivity contribution < 1.29 is 48.6 Å². The Hall–Kier alpha value is -2.86. The van der Waals surface area contributed by atoms with Crippen LogP contribution in [0, 0.1) is 5.92 Å². The molecule has 3 N–H and O–H groups in total. The number of ether oxygens (including phenoxy) is 5. The Labute approximate surface area is 227 Å². The molecular weight excluding hydrogens is 508 g/mol. The molecule has 0 amide bonds.